The lowest BCUT2D eigenvalue weighted by Crippen LogP contribution is -2.54. The van der Waals surface area contributed by atoms with Gasteiger partial charge in [-0.05, 0) is 12.1 Å². The van der Waals surface area contributed by atoms with Gasteiger partial charge in [-0.15, -0.1) is 0 Å². The minimum absolute atomic E-state index is 0.125. The maximum atomic E-state index is 12.6. The molecule has 33 heavy (non-hydrogen) atoms. The quantitative estimate of drug-likeness (QED) is 0.264. The van der Waals surface area contributed by atoms with E-state index >= 15 is 0 Å². The van der Waals surface area contributed by atoms with Crippen molar-refractivity contribution in [2.45, 2.75) is 36.3 Å². The molecule has 174 valence electrons. The van der Waals surface area contributed by atoms with Crippen LogP contribution < -0.4 is 16.8 Å². The number of imidazole rings is 1. The van der Waals surface area contributed by atoms with Crippen LogP contribution in [-0.2, 0) is 20.1 Å². The molecule has 5 unspecified atom stereocenters. The van der Waals surface area contributed by atoms with Crippen molar-refractivity contribution < 1.29 is 24.5 Å². The Labute approximate surface area is 191 Å². The summed E-state index contributed by atoms with van der Waals surface area (Å²) in [5.74, 6) is -0.992. The molecule has 0 spiro atoms. The van der Waals surface area contributed by atoms with Crippen molar-refractivity contribution in [3.05, 3.63) is 42.7 Å². The molecule has 1 amide bonds. The van der Waals surface area contributed by atoms with E-state index in [-0.39, 0.29) is 22.7 Å². The van der Waals surface area contributed by atoms with Crippen molar-refractivity contribution in [2.24, 2.45) is 5.73 Å². The molecule has 1 aliphatic rings. The highest BCUT2D eigenvalue weighted by molar-refractivity contribution is 7.98. The number of carboxylic acids is 1. The predicted octanol–water partition coefficient (Wildman–Crippen LogP) is -1.11. The van der Waals surface area contributed by atoms with Crippen LogP contribution in [0.5, 0.6) is 0 Å². The van der Waals surface area contributed by atoms with E-state index in [0.29, 0.717) is 5.75 Å². The molecule has 7 N–H and O–H groups in total. The van der Waals surface area contributed by atoms with Crippen molar-refractivity contribution in [1.29, 1.82) is 0 Å². The maximum Gasteiger partial charge on any atom is 0.335 e. The van der Waals surface area contributed by atoms with E-state index in [9.17, 15) is 19.8 Å². The first-order valence-corrected chi connectivity index (χ1v) is 11.0. The van der Waals surface area contributed by atoms with E-state index in [2.05, 4.69) is 25.3 Å². The molecular weight excluding hydrogens is 452 g/mol. The van der Waals surface area contributed by atoms with Gasteiger partial charge in [0.2, 0.25) is 5.91 Å². The number of aliphatic hydroxyl groups excluding tert-OH is 1. The first-order chi connectivity index (χ1) is 15.9. The summed E-state index contributed by atoms with van der Waals surface area (Å²) >= 11 is 1.41. The molecule has 13 nitrogen and oxygen atoms in total. The Bertz CT molecular complexity index is 1150. The normalized spacial score (nSPS) is 23.5. The Morgan fingerprint density at radius 2 is 2.09 bits per heavy atom. The van der Waals surface area contributed by atoms with Gasteiger partial charge in [0.05, 0.1) is 24.1 Å². The number of aliphatic hydroxyl groups is 1. The fraction of sp³-hybridized carbons (Fsp3) is 0.368. The van der Waals surface area contributed by atoms with Crippen LogP contribution in [0.1, 0.15) is 11.9 Å². The number of nitrogen functional groups attached to an aromatic ring is 1. The smallest absolute Gasteiger partial charge is 0.335 e. The number of hydrogen-bond acceptors (Lipinski definition) is 11. The number of nitrogens with zero attached hydrogens (tertiary/aromatic N) is 5. The third kappa shape index (κ3) is 4.73. The van der Waals surface area contributed by atoms with Crippen molar-refractivity contribution in [1.82, 2.24) is 29.8 Å². The van der Waals surface area contributed by atoms with Gasteiger partial charge in [0.1, 0.15) is 17.9 Å². The molecule has 4 heterocycles. The monoisotopic (exact) mass is 474 g/mol. The molecule has 3 aromatic rings. The average molecular weight is 475 g/mol. The van der Waals surface area contributed by atoms with Crippen LogP contribution in [0.4, 0.5) is 5.82 Å². The van der Waals surface area contributed by atoms with Gasteiger partial charge in [-0.1, -0.05) is 6.07 Å². The standard InChI is InChI=1S/C19H22N8O5S/c20-10(6-33-5-9-3-1-2-4-22-9)17(29)26-11-13(28)18(32-14(11)19(30)31)27-8-25-12-15(21)23-7-24-16(12)27/h1-4,7-8,10-11,13-14,18,28H,5-6,20H2,(H,26,29)(H,30,31)(H2,21,23,24). The molecule has 3 aromatic heterocycles. The topological polar surface area (TPSA) is 204 Å². The lowest BCUT2D eigenvalue weighted by atomic mass is 10.1. The van der Waals surface area contributed by atoms with Crippen molar-refractivity contribution >= 4 is 40.6 Å². The van der Waals surface area contributed by atoms with Gasteiger partial charge in [0, 0.05) is 17.7 Å². The van der Waals surface area contributed by atoms with E-state index in [1.165, 1.54) is 29.0 Å². The van der Waals surface area contributed by atoms with Crippen molar-refractivity contribution in [3.8, 4) is 0 Å². The number of hydrogen-bond donors (Lipinski definition) is 5. The Morgan fingerprint density at radius 1 is 1.27 bits per heavy atom. The van der Waals surface area contributed by atoms with Gasteiger partial charge in [0.15, 0.2) is 23.8 Å². The number of ether oxygens (including phenoxy) is 1. The molecule has 0 bridgehead atoms. The average Bonchev–Trinajstić information content (AvgIpc) is 3.37. The molecule has 0 radical (unpaired) electrons. The number of amides is 1. The summed E-state index contributed by atoms with van der Waals surface area (Å²) in [5, 5.41) is 23.0. The molecule has 1 fully saturated rings. The van der Waals surface area contributed by atoms with Gasteiger partial charge in [0.25, 0.3) is 0 Å². The largest absolute Gasteiger partial charge is 0.479 e. The van der Waals surface area contributed by atoms with E-state index in [1.54, 1.807) is 6.20 Å². The molecule has 1 saturated heterocycles. The predicted molar refractivity (Wildman–Crippen MR) is 118 cm³/mol. The molecular formula is C19H22N8O5S. The Morgan fingerprint density at radius 3 is 2.82 bits per heavy atom. The van der Waals surface area contributed by atoms with Crippen molar-refractivity contribution in [2.75, 3.05) is 11.5 Å². The van der Waals surface area contributed by atoms with Crippen LogP contribution >= 0.6 is 11.8 Å². The van der Waals surface area contributed by atoms with Crippen LogP contribution in [0.25, 0.3) is 11.2 Å². The summed E-state index contributed by atoms with van der Waals surface area (Å²) in [4.78, 5) is 40.6. The number of pyridine rings is 1. The first-order valence-electron chi connectivity index (χ1n) is 9.89. The molecule has 14 heteroatoms. The second kappa shape index (κ2) is 9.66. The minimum Gasteiger partial charge on any atom is -0.479 e. The van der Waals surface area contributed by atoms with Gasteiger partial charge in [-0.3, -0.25) is 14.3 Å². The molecule has 4 rings (SSSR count). The highest BCUT2D eigenvalue weighted by atomic mass is 32.2. The van der Waals surface area contributed by atoms with E-state index in [0.717, 1.165) is 5.69 Å². The molecule has 0 aliphatic carbocycles. The van der Waals surface area contributed by atoms with Crippen LogP contribution in [-0.4, -0.2) is 76.6 Å². The van der Waals surface area contributed by atoms with E-state index in [1.807, 2.05) is 18.2 Å². The highest BCUT2D eigenvalue weighted by Crippen LogP contribution is 2.32. The van der Waals surface area contributed by atoms with E-state index < -0.39 is 42.4 Å². The summed E-state index contributed by atoms with van der Waals surface area (Å²) in [6.45, 7) is 0. The zero-order valence-corrected chi connectivity index (χ0v) is 18.0. The number of aliphatic carboxylic acids is 1. The zero-order valence-electron chi connectivity index (χ0n) is 17.2. The number of carbonyl (C=O) groups excluding carboxylic acids is 1. The Hall–Kier alpha value is -3.33. The third-order valence-electron chi connectivity index (χ3n) is 5.10. The first kappa shape index (κ1) is 22.8. The lowest BCUT2D eigenvalue weighted by molar-refractivity contribution is -0.152. The van der Waals surface area contributed by atoms with Crippen LogP contribution in [0, 0.1) is 0 Å². The number of fused-ring (bicyclic) bond motifs is 1. The number of rotatable bonds is 8. The maximum absolute atomic E-state index is 12.6. The SMILES string of the molecule is Nc1ncnc2c1ncn2C1OC(C(=O)O)C(NC(=O)C(N)CSCc2ccccn2)C1O. The summed E-state index contributed by atoms with van der Waals surface area (Å²) < 4.78 is 6.91. The third-order valence-corrected chi connectivity index (χ3v) is 6.19. The van der Waals surface area contributed by atoms with E-state index in [4.69, 9.17) is 16.2 Å². The number of nitrogens with one attached hydrogen (secondary N) is 1. The number of carboxylic acid groups (broad SMARTS) is 1. The van der Waals surface area contributed by atoms with Crippen LogP contribution in [0.2, 0.25) is 0 Å². The Balaban J connectivity index is 1.44. The van der Waals surface area contributed by atoms with Gasteiger partial charge in [-0.2, -0.15) is 11.8 Å². The summed E-state index contributed by atoms with van der Waals surface area (Å²) in [5.41, 5.74) is 13.1. The highest BCUT2D eigenvalue weighted by Gasteiger charge is 2.49. The number of anilines is 1. The number of nitrogens with two attached hydrogens (primary N) is 2. The second-order valence-corrected chi connectivity index (χ2v) is 8.37. The Kier molecular flexibility index (Phi) is 6.69. The van der Waals surface area contributed by atoms with Gasteiger partial charge < -0.3 is 31.7 Å². The molecule has 0 aromatic carbocycles. The second-order valence-electron chi connectivity index (χ2n) is 7.34. The lowest BCUT2D eigenvalue weighted by Gasteiger charge is -2.22. The van der Waals surface area contributed by atoms with Gasteiger partial charge in [-0.25, -0.2) is 19.7 Å². The van der Waals surface area contributed by atoms with Crippen LogP contribution in [0.3, 0.4) is 0 Å². The van der Waals surface area contributed by atoms with Crippen molar-refractivity contribution in [3.63, 3.8) is 0 Å². The van der Waals surface area contributed by atoms with Crippen LogP contribution in [0.15, 0.2) is 37.1 Å². The summed E-state index contributed by atoms with van der Waals surface area (Å²) in [6, 6.07) is 3.36. The molecule has 0 saturated carbocycles. The fourth-order valence-corrected chi connectivity index (χ4v) is 4.36. The number of carbonyl (C=O) groups is 2. The zero-order chi connectivity index (χ0) is 23.5. The summed E-state index contributed by atoms with van der Waals surface area (Å²) in [7, 11) is 0. The number of thioether (sulfide) groups is 1. The molecule has 5 atom stereocenters. The fourth-order valence-electron chi connectivity index (χ4n) is 3.45. The molecule has 1 aliphatic heterocycles. The summed E-state index contributed by atoms with van der Waals surface area (Å²) in [6.07, 6.45) is 0.0944. The van der Waals surface area contributed by atoms with Gasteiger partial charge >= 0.3 is 5.97 Å². The number of aromatic nitrogens is 5. The minimum atomic E-state index is -1.51.